The Kier molecular flexibility index (Phi) is 12.2. The van der Waals surface area contributed by atoms with Crippen LogP contribution in [0.15, 0.2) is 146 Å². The summed E-state index contributed by atoms with van der Waals surface area (Å²) >= 11 is 0. The molecule has 0 aliphatic rings. The average Bonchev–Trinajstić information content (AvgIpc) is 3.09. The van der Waals surface area contributed by atoms with Crippen LogP contribution in [0.2, 0.25) is 0 Å². The molecule has 48 heavy (non-hydrogen) atoms. The molecule has 6 aromatic rings. The number of ether oxygens (including phenoxy) is 2. The maximum absolute atomic E-state index is 9.16. The van der Waals surface area contributed by atoms with Gasteiger partial charge in [0.2, 0.25) is 0 Å². The molecule has 0 bridgehead atoms. The van der Waals surface area contributed by atoms with E-state index in [-0.39, 0.29) is 12.8 Å². The van der Waals surface area contributed by atoms with Crippen LogP contribution in [0.5, 0.6) is 23.0 Å². The molecule has 6 rings (SSSR count). The van der Waals surface area contributed by atoms with Crippen molar-refractivity contribution in [1.82, 2.24) is 0 Å². The predicted octanol–water partition coefficient (Wildman–Crippen LogP) is 11.6. The number of benzene rings is 6. The Hall–Kier alpha value is -5.28. The van der Waals surface area contributed by atoms with Crippen LogP contribution in [0, 0.1) is 13.8 Å². The standard InChI is InChI=1S/C30H30O2.C14H14O.CH4/c1-22-5-11-25(12-6-22)30(2,3)26-13-19-29(20-14-26)32-28-17-9-24(10-18-28)21-23-7-15-27(31-4)16-8-23;1-11-2-4-12(5-3-11)10-13-6-8-14(15)9-7-13;/h5-20H,21H2,1-4H3;2-9,15H,10H2,1H3;1H4. The van der Waals surface area contributed by atoms with Crippen LogP contribution >= 0.6 is 0 Å². The van der Waals surface area contributed by atoms with Crippen LogP contribution in [0.3, 0.4) is 0 Å². The third kappa shape index (κ3) is 9.86. The summed E-state index contributed by atoms with van der Waals surface area (Å²) in [4.78, 5) is 0. The summed E-state index contributed by atoms with van der Waals surface area (Å²) in [5, 5.41) is 9.16. The van der Waals surface area contributed by atoms with E-state index in [1.54, 1.807) is 19.2 Å². The smallest absolute Gasteiger partial charge is 0.127 e. The van der Waals surface area contributed by atoms with Crippen molar-refractivity contribution in [3.8, 4) is 23.0 Å². The highest BCUT2D eigenvalue weighted by atomic mass is 16.5. The Labute approximate surface area is 287 Å². The van der Waals surface area contributed by atoms with Crippen molar-refractivity contribution in [1.29, 1.82) is 0 Å². The summed E-state index contributed by atoms with van der Waals surface area (Å²) in [6, 6.07) is 49.6. The van der Waals surface area contributed by atoms with Gasteiger partial charge in [-0.1, -0.05) is 129 Å². The fourth-order valence-corrected chi connectivity index (χ4v) is 5.42. The SMILES string of the molecule is C.COc1ccc(Cc2ccc(Oc3ccc(C(C)(C)c4ccc(C)cc4)cc3)cc2)cc1.Cc1ccc(Cc2ccc(O)cc2)cc1. The van der Waals surface area contributed by atoms with Gasteiger partial charge in [-0.05, 0) is 109 Å². The molecule has 3 heteroatoms. The molecule has 0 spiro atoms. The van der Waals surface area contributed by atoms with Crippen LogP contribution in [-0.4, -0.2) is 12.2 Å². The molecular formula is C45H48O3. The highest BCUT2D eigenvalue weighted by Crippen LogP contribution is 2.33. The largest absolute Gasteiger partial charge is 0.508 e. The van der Waals surface area contributed by atoms with E-state index >= 15 is 0 Å². The molecule has 1 N–H and O–H groups in total. The molecular weight excluding hydrogens is 588 g/mol. The molecule has 0 atom stereocenters. The van der Waals surface area contributed by atoms with E-state index in [4.69, 9.17) is 14.6 Å². The lowest BCUT2D eigenvalue weighted by molar-refractivity contribution is 0.414. The predicted molar refractivity (Wildman–Crippen MR) is 201 cm³/mol. The van der Waals surface area contributed by atoms with Gasteiger partial charge in [-0.2, -0.15) is 0 Å². The normalized spacial score (nSPS) is 10.7. The highest BCUT2D eigenvalue weighted by molar-refractivity contribution is 5.42. The third-order valence-corrected chi connectivity index (χ3v) is 8.54. The molecule has 3 nitrogen and oxygen atoms in total. The summed E-state index contributed by atoms with van der Waals surface area (Å²) < 4.78 is 11.3. The van der Waals surface area contributed by atoms with Gasteiger partial charge in [0.25, 0.3) is 0 Å². The van der Waals surface area contributed by atoms with Crippen molar-refractivity contribution >= 4 is 0 Å². The first-order chi connectivity index (χ1) is 22.7. The fourth-order valence-electron chi connectivity index (χ4n) is 5.42. The lowest BCUT2D eigenvalue weighted by Crippen LogP contribution is -2.18. The Morgan fingerprint density at radius 2 is 0.771 bits per heavy atom. The lowest BCUT2D eigenvalue weighted by Gasteiger charge is -2.26. The Morgan fingerprint density at radius 3 is 1.19 bits per heavy atom. The molecule has 246 valence electrons. The summed E-state index contributed by atoms with van der Waals surface area (Å²) in [5.74, 6) is 2.89. The number of phenols is 1. The van der Waals surface area contributed by atoms with Gasteiger partial charge >= 0.3 is 0 Å². The zero-order valence-corrected chi connectivity index (χ0v) is 28.0. The average molecular weight is 637 g/mol. The van der Waals surface area contributed by atoms with E-state index in [1.807, 2.05) is 36.4 Å². The minimum absolute atomic E-state index is 0. The van der Waals surface area contributed by atoms with Crippen molar-refractivity contribution in [2.24, 2.45) is 0 Å². The van der Waals surface area contributed by atoms with Crippen LogP contribution in [0.1, 0.15) is 65.8 Å². The van der Waals surface area contributed by atoms with E-state index in [0.717, 1.165) is 30.1 Å². The second-order valence-electron chi connectivity index (χ2n) is 12.6. The highest BCUT2D eigenvalue weighted by Gasteiger charge is 2.22. The molecule has 6 aromatic carbocycles. The molecule has 0 aromatic heterocycles. The molecule has 0 radical (unpaired) electrons. The maximum Gasteiger partial charge on any atom is 0.127 e. The van der Waals surface area contributed by atoms with Gasteiger partial charge in [0.05, 0.1) is 7.11 Å². The van der Waals surface area contributed by atoms with Crippen molar-refractivity contribution in [3.63, 3.8) is 0 Å². The van der Waals surface area contributed by atoms with Gasteiger partial charge in [0.15, 0.2) is 0 Å². The lowest BCUT2D eigenvalue weighted by atomic mass is 9.78. The van der Waals surface area contributed by atoms with Gasteiger partial charge in [-0.15, -0.1) is 0 Å². The summed E-state index contributed by atoms with van der Waals surface area (Å²) in [6.45, 7) is 8.73. The maximum atomic E-state index is 9.16. The van der Waals surface area contributed by atoms with Crippen LogP contribution in [0.4, 0.5) is 0 Å². The molecule has 0 saturated heterocycles. The molecule has 0 aliphatic heterocycles. The van der Waals surface area contributed by atoms with Gasteiger partial charge in [-0.25, -0.2) is 0 Å². The zero-order valence-electron chi connectivity index (χ0n) is 28.0. The zero-order chi connectivity index (χ0) is 33.2. The van der Waals surface area contributed by atoms with Gasteiger partial charge < -0.3 is 14.6 Å². The summed E-state index contributed by atoms with van der Waals surface area (Å²) in [5.41, 5.74) is 10.1. The first kappa shape index (κ1) is 35.6. The summed E-state index contributed by atoms with van der Waals surface area (Å²) in [6.07, 6.45) is 1.80. The van der Waals surface area contributed by atoms with Gasteiger partial charge in [-0.3, -0.25) is 0 Å². The van der Waals surface area contributed by atoms with E-state index in [1.165, 1.54) is 44.5 Å². The van der Waals surface area contributed by atoms with Crippen molar-refractivity contribution in [2.45, 2.75) is 53.4 Å². The monoisotopic (exact) mass is 636 g/mol. The van der Waals surface area contributed by atoms with Crippen molar-refractivity contribution in [2.75, 3.05) is 7.11 Å². The molecule has 0 aliphatic carbocycles. The third-order valence-electron chi connectivity index (χ3n) is 8.54. The quantitative estimate of drug-likeness (QED) is 0.172. The second kappa shape index (κ2) is 16.5. The fraction of sp³-hybridized carbons (Fsp3) is 0.200. The van der Waals surface area contributed by atoms with E-state index in [9.17, 15) is 0 Å². The number of aryl methyl sites for hydroxylation is 2. The van der Waals surface area contributed by atoms with Gasteiger partial charge in [0, 0.05) is 5.41 Å². The molecule has 0 heterocycles. The number of hydrogen-bond acceptors (Lipinski definition) is 3. The second-order valence-corrected chi connectivity index (χ2v) is 12.6. The van der Waals surface area contributed by atoms with E-state index in [2.05, 4.69) is 125 Å². The minimum Gasteiger partial charge on any atom is -0.508 e. The Morgan fingerprint density at radius 1 is 0.458 bits per heavy atom. The van der Waals surface area contributed by atoms with Crippen LogP contribution < -0.4 is 9.47 Å². The molecule has 0 saturated carbocycles. The first-order valence-electron chi connectivity index (χ1n) is 16.1. The number of phenolic OH excluding ortho intramolecular Hbond substituents is 1. The number of aromatic hydroxyl groups is 1. The minimum atomic E-state index is -0.0602. The molecule has 0 amide bonds. The van der Waals surface area contributed by atoms with Crippen molar-refractivity contribution < 1.29 is 14.6 Å². The number of methoxy groups -OCH3 is 1. The van der Waals surface area contributed by atoms with E-state index in [0.29, 0.717) is 5.75 Å². The first-order valence-corrected chi connectivity index (χ1v) is 16.1. The van der Waals surface area contributed by atoms with Crippen LogP contribution in [0.25, 0.3) is 0 Å². The summed E-state index contributed by atoms with van der Waals surface area (Å²) in [7, 11) is 1.69. The molecule has 0 fully saturated rings. The van der Waals surface area contributed by atoms with Crippen LogP contribution in [-0.2, 0) is 18.3 Å². The Balaban J connectivity index is 0.000000273. The van der Waals surface area contributed by atoms with E-state index < -0.39 is 0 Å². The Bertz CT molecular complexity index is 1770. The number of hydrogen-bond donors (Lipinski definition) is 1. The van der Waals surface area contributed by atoms with Gasteiger partial charge in [0.1, 0.15) is 23.0 Å². The number of rotatable bonds is 9. The molecule has 0 unspecified atom stereocenters. The topological polar surface area (TPSA) is 38.7 Å². The van der Waals surface area contributed by atoms with Crippen molar-refractivity contribution in [3.05, 3.63) is 190 Å².